The van der Waals surface area contributed by atoms with Gasteiger partial charge < -0.3 is 15.8 Å². The van der Waals surface area contributed by atoms with Gasteiger partial charge in [-0.25, -0.2) is 4.79 Å². The van der Waals surface area contributed by atoms with Gasteiger partial charge in [0.25, 0.3) is 0 Å². The third kappa shape index (κ3) is 3.90. The molecule has 1 aromatic heterocycles. The van der Waals surface area contributed by atoms with Gasteiger partial charge in [-0.3, -0.25) is 0 Å². The Hall–Kier alpha value is -1.56. The van der Waals surface area contributed by atoms with E-state index in [-0.39, 0.29) is 6.61 Å². The third-order valence-corrected chi connectivity index (χ3v) is 1.49. The van der Waals surface area contributed by atoms with E-state index in [0.717, 1.165) is 0 Å². The van der Waals surface area contributed by atoms with Gasteiger partial charge in [0.1, 0.15) is 12.4 Å². The minimum atomic E-state index is -0.797. The van der Waals surface area contributed by atoms with Crippen molar-refractivity contribution < 1.29 is 9.53 Å². The molecule has 76 valence electrons. The van der Waals surface area contributed by atoms with E-state index in [1.54, 1.807) is 12.1 Å². The molecule has 1 amide bonds. The van der Waals surface area contributed by atoms with Gasteiger partial charge in [-0.15, -0.1) is 10.2 Å². The smallest absolute Gasteiger partial charge is 0.404 e. The van der Waals surface area contributed by atoms with E-state index in [2.05, 4.69) is 20.3 Å². The zero-order chi connectivity index (χ0) is 10.4. The molecule has 0 bridgehead atoms. The number of hydrogen-bond acceptors (Lipinski definition) is 5. The lowest BCUT2D eigenvalue weighted by atomic mass is 10.5. The molecule has 0 aliphatic carbocycles. The van der Waals surface area contributed by atoms with Crippen LogP contribution in [0.5, 0.6) is 0 Å². The predicted octanol–water partition coefficient (Wildman–Crippen LogP) is 0.637. The lowest BCUT2D eigenvalue weighted by molar-refractivity contribution is 0.161. The molecule has 0 aliphatic heterocycles. The summed E-state index contributed by atoms with van der Waals surface area (Å²) in [4.78, 5) is 10.2. The average Bonchev–Trinajstić information content (AvgIpc) is 2.15. The number of nitrogens with two attached hydrogens (primary N) is 1. The van der Waals surface area contributed by atoms with Gasteiger partial charge in [0.2, 0.25) is 0 Å². The van der Waals surface area contributed by atoms with E-state index in [0.29, 0.717) is 17.5 Å². The first-order chi connectivity index (χ1) is 6.68. The molecule has 0 unspecified atom stereocenters. The molecule has 7 heteroatoms. The summed E-state index contributed by atoms with van der Waals surface area (Å²) in [5, 5.41) is 10.5. The summed E-state index contributed by atoms with van der Waals surface area (Å²) in [6, 6.07) is 3.27. The Balaban J connectivity index is 2.25. The van der Waals surface area contributed by atoms with Crippen LogP contribution < -0.4 is 11.1 Å². The standard InChI is InChI=1S/C7H9ClN4O2/c8-5-1-2-6(12-11-5)10-3-4-14-7(9)13/h1-2H,3-4H2,(H2,9,13)(H,10,12). The highest BCUT2D eigenvalue weighted by Gasteiger charge is 1.96. The van der Waals surface area contributed by atoms with Gasteiger partial charge in [0.05, 0.1) is 6.54 Å². The van der Waals surface area contributed by atoms with Crippen molar-refractivity contribution in [3.63, 3.8) is 0 Å². The fourth-order valence-electron chi connectivity index (χ4n) is 0.741. The molecule has 0 aliphatic rings. The number of carbonyl (C=O) groups excluding carboxylic acids is 1. The van der Waals surface area contributed by atoms with Crippen LogP contribution in [0, 0.1) is 0 Å². The molecule has 0 aromatic carbocycles. The highest BCUT2D eigenvalue weighted by Crippen LogP contribution is 2.05. The van der Waals surface area contributed by atoms with E-state index in [4.69, 9.17) is 17.3 Å². The molecule has 1 heterocycles. The zero-order valence-electron chi connectivity index (χ0n) is 7.24. The van der Waals surface area contributed by atoms with Crippen molar-refractivity contribution in [2.75, 3.05) is 18.5 Å². The summed E-state index contributed by atoms with van der Waals surface area (Å²) in [5.74, 6) is 0.558. The SMILES string of the molecule is NC(=O)OCCNc1ccc(Cl)nn1. The van der Waals surface area contributed by atoms with Crippen molar-refractivity contribution in [1.82, 2.24) is 10.2 Å². The number of ether oxygens (including phenoxy) is 1. The summed E-state index contributed by atoms with van der Waals surface area (Å²) in [6.45, 7) is 0.596. The monoisotopic (exact) mass is 216 g/mol. The summed E-state index contributed by atoms with van der Waals surface area (Å²) >= 11 is 5.53. The molecular weight excluding hydrogens is 208 g/mol. The Morgan fingerprint density at radius 1 is 1.57 bits per heavy atom. The summed E-state index contributed by atoms with van der Waals surface area (Å²) in [7, 11) is 0. The topological polar surface area (TPSA) is 90.1 Å². The number of halogens is 1. The number of anilines is 1. The Bertz CT molecular complexity index is 303. The van der Waals surface area contributed by atoms with Crippen molar-refractivity contribution in [3.8, 4) is 0 Å². The minimum absolute atomic E-state index is 0.180. The van der Waals surface area contributed by atoms with Gasteiger partial charge in [-0.2, -0.15) is 0 Å². The van der Waals surface area contributed by atoms with E-state index >= 15 is 0 Å². The lowest BCUT2D eigenvalue weighted by Gasteiger charge is -2.03. The molecule has 3 N–H and O–H groups in total. The van der Waals surface area contributed by atoms with Crippen molar-refractivity contribution in [2.45, 2.75) is 0 Å². The molecule has 0 fully saturated rings. The fraction of sp³-hybridized carbons (Fsp3) is 0.286. The number of hydrogen-bond donors (Lipinski definition) is 2. The Kier molecular flexibility index (Phi) is 3.93. The largest absolute Gasteiger partial charge is 0.448 e. The quantitative estimate of drug-likeness (QED) is 0.721. The molecule has 0 spiro atoms. The van der Waals surface area contributed by atoms with Crippen LogP contribution in [0.15, 0.2) is 12.1 Å². The number of amides is 1. The van der Waals surface area contributed by atoms with E-state index in [1.807, 2.05) is 0 Å². The van der Waals surface area contributed by atoms with Crippen molar-refractivity contribution >= 4 is 23.5 Å². The first-order valence-corrected chi connectivity index (χ1v) is 4.21. The number of rotatable bonds is 4. The second kappa shape index (κ2) is 5.23. The second-order valence-corrected chi connectivity index (χ2v) is 2.72. The highest BCUT2D eigenvalue weighted by molar-refractivity contribution is 6.29. The highest BCUT2D eigenvalue weighted by atomic mass is 35.5. The fourth-order valence-corrected chi connectivity index (χ4v) is 0.842. The number of nitrogens with one attached hydrogen (secondary N) is 1. The van der Waals surface area contributed by atoms with Crippen LogP contribution in [0.25, 0.3) is 0 Å². The van der Waals surface area contributed by atoms with Crippen molar-refractivity contribution in [3.05, 3.63) is 17.3 Å². The van der Waals surface area contributed by atoms with Gasteiger partial charge >= 0.3 is 6.09 Å². The third-order valence-electron chi connectivity index (χ3n) is 1.28. The second-order valence-electron chi connectivity index (χ2n) is 2.34. The maximum absolute atomic E-state index is 10.2. The first-order valence-electron chi connectivity index (χ1n) is 3.84. The van der Waals surface area contributed by atoms with E-state index in [1.165, 1.54) is 0 Å². The van der Waals surface area contributed by atoms with Crippen LogP contribution in [-0.2, 0) is 4.74 Å². The lowest BCUT2D eigenvalue weighted by Crippen LogP contribution is -2.18. The van der Waals surface area contributed by atoms with Crippen LogP contribution in [0.3, 0.4) is 0 Å². The summed E-state index contributed by atoms with van der Waals surface area (Å²) < 4.78 is 4.49. The van der Waals surface area contributed by atoms with Gasteiger partial charge in [0.15, 0.2) is 5.15 Å². The molecule has 1 rings (SSSR count). The number of primary amides is 1. The normalized spacial score (nSPS) is 9.50. The van der Waals surface area contributed by atoms with Crippen LogP contribution >= 0.6 is 11.6 Å². The maximum Gasteiger partial charge on any atom is 0.404 e. The number of carbonyl (C=O) groups is 1. The van der Waals surface area contributed by atoms with E-state index in [9.17, 15) is 4.79 Å². The van der Waals surface area contributed by atoms with Gasteiger partial charge in [-0.05, 0) is 12.1 Å². The number of aromatic nitrogens is 2. The Morgan fingerprint density at radius 2 is 2.36 bits per heavy atom. The minimum Gasteiger partial charge on any atom is -0.448 e. The summed E-state index contributed by atoms with van der Waals surface area (Å²) in [6.07, 6.45) is -0.797. The molecule has 1 aromatic rings. The Morgan fingerprint density at radius 3 is 2.93 bits per heavy atom. The molecule has 14 heavy (non-hydrogen) atoms. The van der Waals surface area contributed by atoms with Gasteiger partial charge in [-0.1, -0.05) is 11.6 Å². The van der Waals surface area contributed by atoms with Crippen LogP contribution in [0.1, 0.15) is 0 Å². The predicted molar refractivity (Wildman–Crippen MR) is 51.1 cm³/mol. The first kappa shape index (κ1) is 10.5. The molecule has 6 nitrogen and oxygen atoms in total. The molecule has 0 saturated carbocycles. The van der Waals surface area contributed by atoms with Crippen molar-refractivity contribution in [1.29, 1.82) is 0 Å². The molecular formula is C7H9ClN4O2. The Labute approximate surface area is 85.4 Å². The molecule has 0 atom stereocenters. The maximum atomic E-state index is 10.2. The number of nitrogens with zero attached hydrogens (tertiary/aromatic N) is 2. The van der Waals surface area contributed by atoms with Crippen molar-refractivity contribution in [2.24, 2.45) is 5.73 Å². The molecule has 0 radical (unpaired) electrons. The summed E-state index contributed by atoms with van der Waals surface area (Å²) in [5.41, 5.74) is 4.76. The van der Waals surface area contributed by atoms with E-state index < -0.39 is 6.09 Å². The van der Waals surface area contributed by atoms with Crippen LogP contribution in [0.2, 0.25) is 5.15 Å². The van der Waals surface area contributed by atoms with Gasteiger partial charge in [0, 0.05) is 0 Å². The zero-order valence-corrected chi connectivity index (χ0v) is 7.99. The van der Waals surface area contributed by atoms with Crippen LogP contribution in [-0.4, -0.2) is 29.4 Å². The van der Waals surface area contributed by atoms with Crippen LogP contribution in [0.4, 0.5) is 10.6 Å². The molecule has 0 saturated heterocycles. The average molecular weight is 217 g/mol.